The zero-order valence-electron chi connectivity index (χ0n) is 11.0. The number of carbonyl (C=O) groups excluding carboxylic acids is 1. The highest BCUT2D eigenvalue weighted by atomic mass is 16.2. The fourth-order valence-corrected chi connectivity index (χ4v) is 2.26. The molecule has 0 N–H and O–H groups in total. The van der Waals surface area contributed by atoms with Crippen molar-refractivity contribution < 1.29 is 4.79 Å². The van der Waals surface area contributed by atoms with Gasteiger partial charge in [0.1, 0.15) is 0 Å². The predicted molar refractivity (Wildman–Crippen MR) is 76.5 cm³/mol. The van der Waals surface area contributed by atoms with Gasteiger partial charge in [0.05, 0.1) is 0 Å². The van der Waals surface area contributed by atoms with Crippen LogP contribution in [0.2, 0.25) is 0 Å². The molecule has 0 saturated carbocycles. The SMILES string of the molecule is C=C/C(=C\C)C1=Cc2cccc(c2C)N(C)C1=O. The molecular formula is C16H17NO. The Kier molecular flexibility index (Phi) is 3.19. The van der Waals surface area contributed by atoms with Crippen LogP contribution in [0, 0.1) is 6.92 Å². The van der Waals surface area contributed by atoms with Gasteiger partial charge in [-0.15, -0.1) is 0 Å². The highest BCUT2D eigenvalue weighted by molar-refractivity contribution is 6.13. The molecule has 92 valence electrons. The highest BCUT2D eigenvalue weighted by Crippen LogP contribution is 2.31. The molecule has 0 radical (unpaired) electrons. The van der Waals surface area contributed by atoms with E-state index in [0.29, 0.717) is 5.57 Å². The van der Waals surface area contributed by atoms with Crippen molar-refractivity contribution in [2.45, 2.75) is 13.8 Å². The second kappa shape index (κ2) is 4.65. The van der Waals surface area contributed by atoms with Crippen molar-refractivity contribution >= 4 is 17.7 Å². The van der Waals surface area contributed by atoms with E-state index < -0.39 is 0 Å². The summed E-state index contributed by atoms with van der Waals surface area (Å²) in [6.07, 6.45) is 5.58. The smallest absolute Gasteiger partial charge is 0.258 e. The van der Waals surface area contributed by atoms with Gasteiger partial charge < -0.3 is 4.90 Å². The zero-order valence-corrected chi connectivity index (χ0v) is 11.0. The topological polar surface area (TPSA) is 20.3 Å². The van der Waals surface area contributed by atoms with E-state index >= 15 is 0 Å². The normalized spacial score (nSPS) is 15.3. The third kappa shape index (κ3) is 1.80. The maximum atomic E-state index is 12.5. The Hall–Kier alpha value is -2.09. The summed E-state index contributed by atoms with van der Waals surface area (Å²) < 4.78 is 0. The lowest BCUT2D eigenvalue weighted by Crippen LogP contribution is -2.27. The van der Waals surface area contributed by atoms with E-state index in [4.69, 9.17) is 0 Å². The van der Waals surface area contributed by atoms with Crippen LogP contribution in [0.3, 0.4) is 0 Å². The molecule has 1 amide bonds. The molecule has 2 nitrogen and oxygen atoms in total. The average molecular weight is 239 g/mol. The minimum absolute atomic E-state index is 0.00676. The van der Waals surface area contributed by atoms with Crippen LogP contribution in [-0.2, 0) is 4.79 Å². The number of fused-ring (bicyclic) bond motifs is 2. The van der Waals surface area contributed by atoms with Crippen LogP contribution in [0.15, 0.2) is 48.1 Å². The van der Waals surface area contributed by atoms with E-state index in [2.05, 4.69) is 6.58 Å². The van der Waals surface area contributed by atoms with Crippen molar-refractivity contribution in [1.29, 1.82) is 0 Å². The molecule has 1 aliphatic rings. The van der Waals surface area contributed by atoms with E-state index in [1.165, 1.54) is 0 Å². The molecule has 0 unspecified atom stereocenters. The Morgan fingerprint density at radius 2 is 2.11 bits per heavy atom. The summed E-state index contributed by atoms with van der Waals surface area (Å²) in [6.45, 7) is 7.73. The molecule has 0 fully saturated rings. The predicted octanol–water partition coefficient (Wildman–Crippen LogP) is 3.49. The third-order valence-corrected chi connectivity index (χ3v) is 3.39. The fourth-order valence-electron chi connectivity index (χ4n) is 2.26. The number of anilines is 1. The number of hydrogen-bond donors (Lipinski definition) is 0. The Bertz CT molecular complexity index is 579. The van der Waals surface area contributed by atoms with Crippen molar-refractivity contribution in [2.75, 3.05) is 11.9 Å². The monoisotopic (exact) mass is 239 g/mol. The molecule has 1 heterocycles. The molecule has 2 rings (SSSR count). The van der Waals surface area contributed by atoms with Crippen molar-refractivity contribution in [3.63, 3.8) is 0 Å². The van der Waals surface area contributed by atoms with Crippen molar-refractivity contribution in [2.24, 2.45) is 0 Å². The van der Waals surface area contributed by atoms with Crippen molar-refractivity contribution in [3.8, 4) is 0 Å². The number of carbonyl (C=O) groups is 1. The molecule has 18 heavy (non-hydrogen) atoms. The number of likely N-dealkylation sites (N-methyl/N-ethyl adjacent to an activating group) is 1. The Labute approximate surface area is 108 Å². The maximum absolute atomic E-state index is 12.5. The first-order valence-electron chi connectivity index (χ1n) is 5.98. The van der Waals surface area contributed by atoms with E-state index in [9.17, 15) is 4.79 Å². The lowest BCUT2D eigenvalue weighted by atomic mass is 10.0. The van der Waals surface area contributed by atoms with Crippen molar-refractivity contribution in [1.82, 2.24) is 0 Å². The molecule has 1 aromatic rings. The van der Waals surface area contributed by atoms with Gasteiger partial charge in [-0.1, -0.05) is 30.9 Å². The highest BCUT2D eigenvalue weighted by Gasteiger charge is 2.23. The molecule has 1 aromatic carbocycles. The van der Waals surface area contributed by atoms with Gasteiger partial charge in [-0.3, -0.25) is 4.79 Å². The molecule has 2 bridgehead atoms. The molecule has 0 aliphatic carbocycles. The molecule has 0 aromatic heterocycles. The Morgan fingerprint density at radius 3 is 2.72 bits per heavy atom. The van der Waals surface area contributed by atoms with Crippen LogP contribution in [-0.4, -0.2) is 13.0 Å². The molecule has 1 aliphatic heterocycles. The van der Waals surface area contributed by atoms with Crippen molar-refractivity contribution in [3.05, 3.63) is 59.2 Å². The lowest BCUT2D eigenvalue weighted by molar-refractivity contribution is -0.114. The van der Waals surface area contributed by atoms with Gasteiger partial charge in [-0.2, -0.15) is 0 Å². The van der Waals surface area contributed by atoms with Crippen LogP contribution in [0.1, 0.15) is 18.1 Å². The molecular weight excluding hydrogens is 222 g/mol. The second-order valence-corrected chi connectivity index (χ2v) is 4.36. The third-order valence-electron chi connectivity index (χ3n) is 3.39. The summed E-state index contributed by atoms with van der Waals surface area (Å²) >= 11 is 0. The van der Waals surface area contributed by atoms with E-state index in [0.717, 1.165) is 22.4 Å². The standard InChI is InChI=1S/C16H17NO/c1-5-12(6-2)14-10-13-8-7-9-15(11(13)3)17(4)16(14)18/h5-10H,1H2,2-4H3/b12-6+. The molecule has 0 atom stereocenters. The van der Waals surface area contributed by atoms with Gasteiger partial charge in [-0.25, -0.2) is 0 Å². The quantitative estimate of drug-likeness (QED) is 0.723. The number of rotatable bonds is 2. The van der Waals surface area contributed by atoms with Crippen LogP contribution in [0.4, 0.5) is 5.69 Å². The first-order chi connectivity index (χ1) is 8.60. The summed E-state index contributed by atoms with van der Waals surface area (Å²) in [4.78, 5) is 14.2. The number of hydrogen-bond acceptors (Lipinski definition) is 1. The second-order valence-electron chi connectivity index (χ2n) is 4.36. The van der Waals surface area contributed by atoms with E-state index in [1.807, 2.05) is 51.2 Å². The maximum Gasteiger partial charge on any atom is 0.258 e. The number of benzene rings is 1. The first-order valence-corrected chi connectivity index (χ1v) is 5.98. The van der Waals surface area contributed by atoms with Gasteiger partial charge >= 0.3 is 0 Å². The minimum Gasteiger partial charge on any atom is -0.311 e. The van der Waals surface area contributed by atoms with E-state index in [-0.39, 0.29) is 5.91 Å². The summed E-state index contributed by atoms with van der Waals surface area (Å²) in [7, 11) is 1.81. The van der Waals surface area contributed by atoms with Crippen LogP contribution in [0.25, 0.3) is 6.08 Å². The van der Waals surface area contributed by atoms with E-state index in [1.54, 1.807) is 11.0 Å². The Balaban J connectivity index is 2.69. The van der Waals surface area contributed by atoms with Gasteiger partial charge in [0.25, 0.3) is 5.91 Å². The lowest BCUT2D eigenvalue weighted by Gasteiger charge is -2.19. The average Bonchev–Trinajstić information content (AvgIpc) is 2.43. The fraction of sp³-hybridized carbons (Fsp3) is 0.188. The van der Waals surface area contributed by atoms with Crippen LogP contribution in [0.5, 0.6) is 0 Å². The summed E-state index contributed by atoms with van der Waals surface area (Å²) in [6, 6.07) is 5.97. The number of allylic oxidation sites excluding steroid dienone is 2. The summed E-state index contributed by atoms with van der Waals surface area (Å²) in [5.74, 6) is 0.00676. The van der Waals surface area contributed by atoms with Gasteiger partial charge in [0.2, 0.25) is 0 Å². The zero-order chi connectivity index (χ0) is 13.3. The molecule has 0 saturated heterocycles. The number of nitrogens with zero attached hydrogens (tertiary/aromatic N) is 1. The van der Waals surface area contributed by atoms with Gasteiger partial charge in [-0.05, 0) is 42.7 Å². The van der Waals surface area contributed by atoms with Crippen LogP contribution < -0.4 is 4.90 Å². The van der Waals surface area contributed by atoms with Crippen LogP contribution >= 0.6 is 0 Å². The summed E-state index contributed by atoms with van der Waals surface area (Å²) in [5.41, 5.74) is 4.74. The van der Waals surface area contributed by atoms with Gasteiger partial charge in [0, 0.05) is 18.3 Å². The largest absolute Gasteiger partial charge is 0.311 e. The first kappa shape index (κ1) is 12.4. The summed E-state index contributed by atoms with van der Waals surface area (Å²) in [5, 5.41) is 0. The molecule has 2 heteroatoms. The minimum atomic E-state index is 0.00676. The Morgan fingerprint density at radius 1 is 1.39 bits per heavy atom. The molecule has 0 spiro atoms. The number of amides is 1. The van der Waals surface area contributed by atoms with Gasteiger partial charge in [0.15, 0.2) is 0 Å².